The average molecular weight is 491 g/mol. The molecule has 0 aromatic heterocycles. The molecule has 1 spiro atoms. The number of hydrogen-bond acceptors (Lipinski definition) is 6. The maximum Gasteiger partial charge on any atom is 0.157 e. The summed E-state index contributed by atoms with van der Waals surface area (Å²) in [5.74, 6) is -0.649. The Morgan fingerprint density at radius 3 is 2.31 bits per heavy atom. The average Bonchev–Trinajstić information content (AvgIpc) is 2.89. The van der Waals surface area contributed by atoms with Crippen molar-refractivity contribution in [2.75, 3.05) is 0 Å². The highest BCUT2D eigenvalue weighted by molar-refractivity contribution is 5.95. The van der Waals surface area contributed by atoms with Gasteiger partial charge >= 0.3 is 0 Å². The topological polar surface area (TPSA) is 104 Å². The molecule has 1 heterocycles. The van der Waals surface area contributed by atoms with E-state index in [9.17, 15) is 24.9 Å². The smallest absolute Gasteiger partial charge is 0.157 e. The quantitative estimate of drug-likeness (QED) is 0.386. The second kappa shape index (κ2) is 8.77. The molecule has 1 fully saturated rings. The molecular weight excluding hydrogens is 456 g/mol. The largest absolute Gasteiger partial charge is 0.507 e. The zero-order valence-corrected chi connectivity index (χ0v) is 21.0. The molecule has 1 saturated carbocycles. The predicted molar refractivity (Wildman–Crippen MR) is 136 cm³/mol. The van der Waals surface area contributed by atoms with E-state index in [0.717, 1.165) is 24.0 Å². The van der Waals surface area contributed by atoms with E-state index in [1.165, 1.54) is 0 Å². The van der Waals surface area contributed by atoms with Gasteiger partial charge in [-0.05, 0) is 61.5 Å². The number of aliphatic hydroxyl groups excluding tert-OH is 1. The van der Waals surface area contributed by atoms with Gasteiger partial charge in [0.05, 0.1) is 17.2 Å². The molecule has 3 aliphatic rings. The van der Waals surface area contributed by atoms with Crippen molar-refractivity contribution in [1.29, 1.82) is 0 Å². The third kappa shape index (κ3) is 3.65. The zero-order chi connectivity index (χ0) is 25.8. The summed E-state index contributed by atoms with van der Waals surface area (Å²) in [4.78, 5) is 24.0. The number of rotatable bonds is 3. The number of fused-ring (bicyclic) bond motifs is 3. The lowest BCUT2D eigenvalue weighted by Gasteiger charge is -2.60. The van der Waals surface area contributed by atoms with Gasteiger partial charge in [-0.2, -0.15) is 0 Å². The van der Waals surface area contributed by atoms with Crippen molar-refractivity contribution in [2.24, 2.45) is 17.3 Å². The first-order valence-corrected chi connectivity index (χ1v) is 12.7. The molecule has 2 aromatic rings. The molecule has 6 nitrogen and oxygen atoms in total. The monoisotopic (exact) mass is 490 g/mol. The summed E-state index contributed by atoms with van der Waals surface area (Å²) in [6.45, 7) is 6.49. The van der Waals surface area contributed by atoms with E-state index in [0.29, 0.717) is 43.3 Å². The van der Waals surface area contributed by atoms with E-state index in [4.69, 9.17) is 4.74 Å². The van der Waals surface area contributed by atoms with Crippen molar-refractivity contribution in [3.8, 4) is 17.2 Å². The molecule has 0 unspecified atom stereocenters. The van der Waals surface area contributed by atoms with Gasteiger partial charge in [-0.1, -0.05) is 50.3 Å². The molecule has 0 bridgehead atoms. The Hall–Kier alpha value is -3.12. The van der Waals surface area contributed by atoms with E-state index in [-0.39, 0.29) is 39.9 Å². The summed E-state index contributed by atoms with van der Waals surface area (Å²) in [6.07, 6.45) is 5.79. The third-order valence-corrected chi connectivity index (χ3v) is 9.12. The van der Waals surface area contributed by atoms with Crippen LogP contribution in [-0.4, -0.2) is 39.6 Å². The Kier molecular flexibility index (Phi) is 5.98. The number of ether oxygens (including phenoxy) is 1. The highest BCUT2D eigenvalue weighted by Gasteiger charge is 2.60. The van der Waals surface area contributed by atoms with Crippen molar-refractivity contribution >= 4 is 12.6 Å². The number of aldehydes is 2. The van der Waals surface area contributed by atoms with Crippen LogP contribution in [0.15, 0.2) is 42.0 Å². The van der Waals surface area contributed by atoms with Gasteiger partial charge in [-0.3, -0.25) is 9.59 Å². The standard InChI is InChI=1S/C30H34O6/c1-17-9-10-22-23(14-29(22,2)3)30(12-11-24(17)33)13-19(18-7-5-4-6-8-18)25-27(35)20(15-31)26(34)21(16-32)28(25)36-30/h4-9,15-16,19,22-24,33-35H,10-14H2,1-3H3/b17-9-/t19-,22-,23+,24-,30-/m1/s1. The molecule has 2 aromatic carbocycles. The lowest BCUT2D eigenvalue weighted by molar-refractivity contribution is -0.146. The first-order valence-electron chi connectivity index (χ1n) is 12.7. The Labute approximate surface area is 211 Å². The van der Waals surface area contributed by atoms with Gasteiger partial charge in [0.2, 0.25) is 0 Å². The number of carbonyl (C=O) groups excluding carboxylic acids is 2. The molecule has 5 atom stereocenters. The van der Waals surface area contributed by atoms with Crippen LogP contribution in [0.4, 0.5) is 0 Å². The summed E-state index contributed by atoms with van der Waals surface area (Å²) in [6, 6.07) is 9.70. The second-order valence-corrected chi connectivity index (χ2v) is 11.5. The Bertz CT molecular complexity index is 1230. The predicted octanol–water partition coefficient (Wildman–Crippen LogP) is 5.53. The summed E-state index contributed by atoms with van der Waals surface area (Å²) in [5.41, 5.74) is 1.21. The maximum atomic E-state index is 12.2. The molecule has 0 amide bonds. The summed E-state index contributed by atoms with van der Waals surface area (Å²) < 4.78 is 6.80. The number of phenols is 2. The molecule has 36 heavy (non-hydrogen) atoms. The lowest BCUT2D eigenvalue weighted by atomic mass is 9.48. The molecule has 0 saturated heterocycles. The highest BCUT2D eigenvalue weighted by atomic mass is 16.5. The number of benzene rings is 2. The maximum absolute atomic E-state index is 12.2. The minimum Gasteiger partial charge on any atom is -0.507 e. The van der Waals surface area contributed by atoms with E-state index in [1.807, 2.05) is 37.3 Å². The molecule has 2 aliphatic carbocycles. The third-order valence-electron chi connectivity index (χ3n) is 9.12. The van der Waals surface area contributed by atoms with Gasteiger partial charge < -0.3 is 20.1 Å². The normalized spacial score (nSPS) is 32.3. The van der Waals surface area contributed by atoms with E-state index in [1.54, 1.807) is 0 Å². The van der Waals surface area contributed by atoms with Gasteiger partial charge in [-0.15, -0.1) is 0 Å². The fourth-order valence-electron chi connectivity index (χ4n) is 6.98. The fourth-order valence-corrected chi connectivity index (χ4v) is 6.98. The summed E-state index contributed by atoms with van der Waals surface area (Å²) in [5, 5.41) is 32.8. The molecule has 3 N–H and O–H groups in total. The van der Waals surface area contributed by atoms with Gasteiger partial charge in [0.15, 0.2) is 12.6 Å². The van der Waals surface area contributed by atoms with Crippen LogP contribution in [0.25, 0.3) is 0 Å². The number of aliphatic hydroxyl groups is 1. The van der Waals surface area contributed by atoms with Crippen molar-refractivity contribution in [3.05, 3.63) is 64.2 Å². The number of aromatic hydroxyl groups is 2. The number of carbonyl (C=O) groups is 2. The van der Waals surface area contributed by atoms with Crippen LogP contribution in [0, 0.1) is 17.3 Å². The second-order valence-electron chi connectivity index (χ2n) is 11.5. The van der Waals surface area contributed by atoms with E-state index >= 15 is 0 Å². The first-order chi connectivity index (χ1) is 17.1. The fraction of sp³-hybridized carbons (Fsp3) is 0.467. The van der Waals surface area contributed by atoms with Crippen LogP contribution in [-0.2, 0) is 0 Å². The van der Waals surface area contributed by atoms with Crippen molar-refractivity contribution in [1.82, 2.24) is 0 Å². The van der Waals surface area contributed by atoms with Crippen LogP contribution >= 0.6 is 0 Å². The molecule has 0 radical (unpaired) electrons. The molecular formula is C30H34O6. The Morgan fingerprint density at radius 2 is 1.67 bits per heavy atom. The zero-order valence-electron chi connectivity index (χ0n) is 21.0. The van der Waals surface area contributed by atoms with Crippen molar-refractivity contribution in [2.45, 2.75) is 70.5 Å². The van der Waals surface area contributed by atoms with Crippen LogP contribution < -0.4 is 4.74 Å². The first kappa shape index (κ1) is 24.6. The molecule has 1 aliphatic heterocycles. The minimum atomic E-state index is -0.716. The van der Waals surface area contributed by atoms with Crippen molar-refractivity contribution < 1.29 is 29.6 Å². The van der Waals surface area contributed by atoms with Crippen LogP contribution in [0.5, 0.6) is 17.2 Å². The van der Waals surface area contributed by atoms with Gasteiger partial charge in [0.1, 0.15) is 22.8 Å². The highest BCUT2D eigenvalue weighted by Crippen LogP contribution is 2.64. The minimum absolute atomic E-state index is 0.0920. The molecule has 190 valence electrons. The lowest BCUT2D eigenvalue weighted by Crippen LogP contribution is -2.59. The Morgan fingerprint density at radius 1 is 0.972 bits per heavy atom. The van der Waals surface area contributed by atoms with Crippen LogP contribution in [0.3, 0.4) is 0 Å². The van der Waals surface area contributed by atoms with Gasteiger partial charge in [0, 0.05) is 17.4 Å². The SMILES string of the molecule is C/C1=C/C[C@@H]2[C@H](CC2(C)C)[C@@]2(CC[C@H]1O)C[C@H](c1ccccc1)c1c(O)c(C=O)c(O)c(C=O)c1O2. The van der Waals surface area contributed by atoms with E-state index < -0.39 is 17.5 Å². The van der Waals surface area contributed by atoms with Gasteiger partial charge in [-0.25, -0.2) is 0 Å². The van der Waals surface area contributed by atoms with Gasteiger partial charge in [0.25, 0.3) is 0 Å². The van der Waals surface area contributed by atoms with Crippen molar-refractivity contribution in [3.63, 3.8) is 0 Å². The summed E-state index contributed by atoms with van der Waals surface area (Å²) >= 11 is 0. The van der Waals surface area contributed by atoms with Crippen LogP contribution in [0.1, 0.15) is 90.6 Å². The number of hydrogen-bond donors (Lipinski definition) is 3. The number of allylic oxidation sites excluding steroid dienone is 1. The molecule has 6 heteroatoms. The number of phenolic OH excluding ortho intramolecular Hbond substituents is 2. The van der Waals surface area contributed by atoms with Crippen LogP contribution in [0.2, 0.25) is 0 Å². The summed E-state index contributed by atoms with van der Waals surface area (Å²) in [7, 11) is 0. The Balaban J connectivity index is 1.74. The molecule has 5 rings (SSSR count). The van der Waals surface area contributed by atoms with E-state index in [2.05, 4.69) is 19.9 Å².